The van der Waals surface area contributed by atoms with Crippen LogP contribution >= 0.6 is 11.3 Å². The van der Waals surface area contributed by atoms with Gasteiger partial charge in [0.05, 0.1) is 11.0 Å². The summed E-state index contributed by atoms with van der Waals surface area (Å²) in [6.07, 6.45) is 0. The summed E-state index contributed by atoms with van der Waals surface area (Å²) in [5, 5.41) is 5.22. The van der Waals surface area contributed by atoms with Crippen LogP contribution in [-0.4, -0.2) is 4.57 Å². The van der Waals surface area contributed by atoms with E-state index in [1.807, 2.05) is 11.3 Å². The molecule has 3 heterocycles. The molecule has 0 saturated heterocycles. The van der Waals surface area contributed by atoms with E-state index in [1.165, 1.54) is 80.8 Å². The Balaban J connectivity index is 1.28. The summed E-state index contributed by atoms with van der Waals surface area (Å²) in [6, 6.07) is 49.1. The van der Waals surface area contributed by atoms with Crippen LogP contribution in [0.4, 0.5) is 17.1 Å². The molecule has 0 bridgehead atoms. The monoisotopic (exact) mass is 515 g/mol. The largest absolute Gasteiger partial charge is 0.309 e. The third-order valence-corrected chi connectivity index (χ3v) is 9.41. The third kappa shape index (κ3) is 2.94. The summed E-state index contributed by atoms with van der Waals surface area (Å²) < 4.78 is 5.06. The Morgan fingerprint density at radius 1 is 0.462 bits per heavy atom. The molecular weight excluding hydrogens is 492 g/mol. The Bertz CT molecular complexity index is 2150. The standard InChI is InChI=1S/C36H22N2S/c1-5-13-31-25(9-1)26-10-2-6-14-32(26)37(31)23-17-19-35-29(21-23)30-22-24(18-20-36(30)39-35)38-33-15-7-3-11-27(33)28-12-4-8-16-34(28)38/h1-22H/p+1. The molecule has 0 atom stereocenters. The fraction of sp³-hybridized carbons (Fsp3) is 0. The van der Waals surface area contributed by atoms with Crippen molar-refractivity contribution in [2.24, 2.45) is 0 Å². The highest BCUT2D eigenvalue weighted by Gasteiger charge is 2.32. The molecule has 3 heteroatoms. The molecule has 0 spiro atoms. The van der Waals surface area contributed by atoms with Gasteiger partial charge in [0.1, 0.15) is 17.1 Å². The molecule has 2 nitrogen and oxygen atoms in total. The van der Waals surface area contributed by atoms with Crippen molar-refractivity contribution in [2.45, 2.75) is 0 Å². The summed E-state index contributed by atoms with van der Waals surface area (Å²) in [7, 11) is 0. The second-order valence-corrected chi connectivity index (χ2v) is 11.4. The van der Waals surface area contributed by atoms with Crippen LogP contribution in [-0.2, 0) is 0 Å². The second kappa shape index (κ2) is 7.90. The fourth-order valence-corrected chi connectivity index (χ4v) is 7.66. The molecule has 6 aromatic carbocycles. The van der Waals surface area contributed by atoms with Gasteiger partial charge in [0.2, 0.25) is 0 Å². The molecule has 8 aromatic rings. The predicted octanol–water partition coefficient (Wildman–Crippen LogP) is 9.31. The number of quaternary nitrogens is 1. The summed E-state index contributed by atoms with van der Waals surface area (Å²) in [5.74, 6) is 0. The number of nitrogens with zero attached hydrogens (tertiary/aromatic N) is 1. The molecular formula is C36H23N2S+. The zero-order chi connectivity index (χ0) is 25.5. The van der Waals surface area contributed by atoms with Crippen LogP contribution in [0.2, 0.25) is 0 Å². The van der Waals surface area contributed by atoms with Crippen LogP contribution in [0.15, 0.2) is 133 Å². The Morgan fingerprint density at radius 2 is 1.00 bits per heavy atom. The van der Waals surface area contributed by atoms with Gasteiger partial charge < -0.3 is 4.57 Å². The van der Waals surface area contributed by atoms with Crippen molar-refractivity contribution in [3.63, 3.8) is 0 Å². The van der Waals surface area contributed by atoms with Gasteiger partial charge in [-0.3, -0.25) is 0 Å². The van der Waals surface area contributed by atoms with E-state index >= 15 is 0 Å². The zero-order valence-electron chi connectivity index (χ0n) is 21.1. The zero-order valence-corrected chi connectivity index (χ0v) is 21.9. The molecule has 1 aliphatic rings. The van der Waals surface area contributed by atoms with Gasteiger partial charge in [-0.1, -0.05) is 60.7 Å². The number of aromatic nitrogens is 1. The molecule has 0 radical (unpaired) electrons. The maximum Gasteiger partial charge on any atom is 0.149 e. The minimum atomic E-state index is 1.20. The Morgan fingerprint density at radius 3 is 1.67 bits per heavy atom. The first-order chi connectivity index (χ1) is 19.3. The third-order valence-electron chi connectivity index (χ3n) is 8.26. The van der Waals surface area contributed by atoms with Crippen molar-refractivity contribution >= 4 is 70.4 Å². The first kappa shape index (κ1) is 21.3. The average Bonchev–Trinajstić information content (AvgIpc) is 3.64. The highest BCUT2D eigenvalue weighted by Crippen LogP contribution is 2.41. The number of nitrogens with one attached hydrogen (secondary N) is 1. The van der Waals surface area contributed by atoms with Gasteiger partial charge in [-0.05, 0) is 48.5 Å². The molecule has 39 heavy (non-hydrogen) atoms. The highest BCUT2D eigenvalue weighted by molar-refractivity contribution is 7.25. The molecule has 0 unspecified atom stereocenters. The predicted molar refractivity (Wildman–Crippen MR) is 165 cm³/mol. The van der Waals surface area contributed by atoms with Crippen LogP contribution in [0.3, 0.4) is 0 Å². The maximum absolute atomic E-state index is 2.41. The number of fused-ring (bicyclic) bond motifs is 9. The van der Waals surface area contributed by atoms with Crippen molar-refractivity contribution in [1.29, 1.82) is 0 Å². The number of thiophene rings is 1. The first-order valence-electron chi connectivity index (χ1n) is 13.4. The van der Waals surface area contributed by atoms with Crippen LogP contribution in [0.25, 0.3) is 58.8 Å². The van der Waals surface area contributed by atoms with E-state index in [9.17, 15) is 0 Å². The molecule has 1 aliphatic heterocycles. The van der Waals surface area contributed by atoms with Gasteiger partial charge in [-0.2, -0.15) is 0 Å². The van der Waals surface area contributed by atoms with E-state index < -0.39 is 0 Å². The van der Waals surface area contributed by atoms with Crippen molar-refractivity contribution in [3.05, 3.63) is 133 Å². The van der Waals surface area contributed by atoms with Gasteiger partial charge in [-0.25, -0.2) is 4.90 Å². The first-order valence-corrected chi connectivity index (χ1v) is 14.2. The number of para-hydroxylation sites is 4. The molecule has 0 aliphatic carbocycles. The van der Waals surface area contributed by atoms with E-state index in [1.54, 1.807) is 0 Å². The second-order valence-electron chi connectivity index (χ2n) is 10.3. The molecule has 2 aromatic heterocycles. The Hall–Kier alpha value is -4.70. The lowest BCUT2D eigenvalue weighted by molar-refractivity contribution is -0.677. The quantitative estimate of drug-likeness (QED) is 0.235. The topological polar surface area (TPSA) is 9.37 Å². The molecule has 0 fully saturated rings. The summed E-state index contributed by atoms with van der Waals surface area (Å²) in [5.41, 5.74) is 10.3. The number of hydrogen-bond acceptors (Lipinski definition) is 1. The van der Waals surface area contributed by atoms with Crippen LogP contribution in [0.5, 0.6) is 0 Å². The summed E-state index contributed by atoms with van der Waals surface area (Å²) in [6.45, 7) is 0. The van der Waals surface area contributed by atoms with Gasteiger partial charge in [0.25, 0.3) is 0 Å². The van der Waals surface area contributed by atoms with Gasteiger partial charge in [0, 0.05) is 72.0 Å². The minimum absolute atomic E-state index is 1.20. The molecule has 182 valence electrons. The van der Waals surface area contributed by atoms with Crippen molar-refractivity contribution < 1.29 is 4.90 Å². The minimum Gasteiger partial charge on any atom is -0.309 e. The Labute approximate surface area is 229 Å². The fourth-order valence-electron chi connectivity index (χ4n) is 6.59. The van der Waals surface area contributed by atoms with Crippen molar-refractivity contribution in [2.75, 3.05) is 0 Å². The van der Waals surface area contributed by atoms with Crippen LogP contribution in [0, 0.1) is 0 Å². The average molecular weight is 516 g/mol. The van der Waals surface area contributed by atoms with E-state index in [0.717, 1.165) is 0 Å². The van der Waals surface area contributed by atoms with E-state index in [-0.39, 0.29) is 0 Å². The van der Waals surface area contributed by atoms with E-state index in [0.29, 0.717) is 0 Å². The van der Waals surface area contributed by atoms with Gasteiger partial charge in [0.15, 0.2) is 0 Å². The smallest absolute Gasteiger partial charge is 0.149 e. The van der Waals surface area contributed by atoms with Gasteiger partial charge in [-0.15, -0.1) is 11.3 Å². The number of hydrogen-bond donors (Lipinski definition) is 1. The highest BCUT2D eigenvalue weighted by atomic mass is 32.1. The lowest BCUT2D eigenvalue weighted by Crippen LogP contribution is -2.95. The van der Waals surface area contributed by atoms with Crippen LogP contribution < -0.4 is 4.90 Å². The van der Waals surface area contributed by atoms with Crippen molar-refractivity contribution in [3.8, 4) is 16.8 Å². The lowest BCUT2D eigenvalue weighted by Gasteiger charge is -2.14. The molecule has 1 N–H and O–H groups in total. The number of benzene rings is 6. The molecule has 9 rings (SSSR count). The Kier molecular flexibility index (Phi) is 4.31. The summed E-state index contributed by atoms with van der Waals surface area (Å²) in [4.78, 5) is 1.33. The lowest BCUT2D eigenvalue weighted by atomic mass is 10.1. The van der Waals surface area contributed by atoms with Crippen LogP contribution in [0.1, 0.15) is 0 Å². The van der Waals surface area contributed by atoms with Crippen molar-refractivity contribution in [1.82, 2.24) is 4.57 Å². The maximum atomic E-state index is 2.41. The summed E-state index contributed by atoms with van der Waals surface area (Å²) >= 11 is 1.88. The van der Waals surface area contributed by atoms with E-state index in [2.05, 4.69) is 138 Å². The normalized spacial score (nSPS) is 13.0. The molecule has 0 amide bonds. The number of rotatable bonds is 2. The van der Waals surface area contributed by atoms with Gasteiger partial charge >= 0.3 is 0 Å². The van der Waals surface area contributed by atoms with E-state index in [4.69, 9.17) is 0 Å². The SMILES string of the molecule is c1ccc2c(c1)-c1ccccc1[NH+]2c1ccc2sc3ccc(-n4c5ccccc5c5ccccc54)cc3c2c1. The molecule has 0 saturated carbocycles.